The first kappa shape index (κ1) is 12.3. The predicted molar refractivity (Wildman–Crippen MR) is 77.9 cm³/mol. The first-order valence-corrected chi connectivity index (χ1v) is 6.65. The van der Waals surface area contributed by atoms with Gasteiger partial charge in [0, 0.05) is 22.5 Å². The summed E-state index contributed by atoms with van der Waals surface area (Å²) in [7, 11) is 0. The molecule has 0 aliphatic heterocycles. The fourth-order valence-corrected chi connectivity index (χ4v) is 1.76. The van der Waals surface area contributed by atoms with Crippen molar-refractivity contribution < 1.29 is 0 Å². The maximum absolute atomic E-state index is 4.20. The predicted octanol–water partition coefficient (Wildman–Crippen LogP) is 3.26. The number of benzene rings is 1. The van der Waals surface area contributed by atoms with E-state index in [1.54, 1.807) is 12.4 Å². The van der Waals surface area contributed by atoms with Crippen LogP contribution in [0.4, 0.5) is 5.95 Å². The van der Waals surface area contributed by atoms with Gasteiger partial charge >= 0.3 is 0 Å². The number of aromatic nitrogens is 2. The van der Waals surface area contributed by atoms with E-state index in [2.05, 4.69) is 69.1 Å². The highest BCUT2D eigenvalue weighted by atomic mass is 127. The van der Waals surface area contributed by atoms with Crippen LogP contribution in [-0.4, -0.2) is 9.97 Å². The Balaban J connectivity index is 1.95. The molecule has 0 unspecified atom stereocenters. The number of nitrogens with zero attached hydrogens (tertiary/aromatic N) is 2. The summed E-state index contributed by atoms with van der Waals surface area (Å²) in [6.07, 6.45) is 4.68. The van der Waals surface area contributed by atoms with E-state index in [0.717, 1.165) is 16.5 Å². The lowest BCUT2D eigenvalue weighted by Crippen LogP contribution is -2.03. The lowest BCUT2D eigenvalue weighted by molar-refractivity contribution is 1.04. The third-order valence-electron chi connectivity index (χ3n) is 2.50. The van der Waals surface area contributed by atoms with Crippen LogP contribution in [0.2, 0.25) is 0 Å². The van der Waals surface area contributed by atoms with E-state index in [9.17, 15) is 0 Å². The van der Waals surface area contributed by atoms with Crippen molar-refractivity contribution in [2.75, 3.05) is 5.32 Å². The average Bonchev–Trinajstić information content (AvgIpc) is 2.39. The molecular formula is C13H14IN3. The Morgan fingerprint density at radius 1 is 1.06 bits per heavy atom. The Morgan fingerprint density at radius 2 is 1.65 bits per heavy atom. The zero-order valence-corrected chi connectivity index (χ0v) is 11.8. The molecule has 0 amide bonds. The number of hydrogen-bond acceptors (Lipinski definition) is 3. The molecule has 0 saturated heterocycles. The van der Waals surface area contributed by atoms with Crippen molar-refractivity contribution in [3.05, 3.63) is 51.4 Å². The van der Waals surface area contributed by atoms with E-state index in [1.807, 2.05) is 0 Å². The second-order valence-corrected chi connectivity index (χ2v) is 4.99. The van der Waals surface area contributed by atoms with Gasteiger partial charge in [0.05, 0.1) is 0 Å². The van der Waals surface area contributed by atoms with Crippen LogP contribution in [0.15, 0.2) is 36.7 Å². The van der Waals surface area contributed by atoms with Crippen molar-refractivity contribution in [3.8, 4) is 0 Å². The SMILES string of the molecule is CCc1ccc(CNc2ncc(I)cn2)cc1. The van der Waals surface area contributed by atoms with Gasteiger partial charge in [-0.25, -0.2) is 9.97 Å². The van der Waals surface area contributed by atoms with Crippen molar-refractivity contribution in [1.82, 2.24) is 9.97 Å². The van der Waals surface area contributed by atoms with Gasteiger partial charge in [-0.05, 0) is 40.1 Å². The Hall–Kier alpha value is -1.17. The quantitative estimate of drug-likeness (QED) is 0.869. The minimum atomic E-state index is 0.671. The van der Waals surface area contributed by atoms with Crippen molar-refractivity contribution in [2.45, 2.75) is 19.9 Å². The summed E-state index contributed by atoms with van der Waals surface area (Å²) in [4.78, 5) is 8.39. The van der Waals surface area contributed by atoms with E-state index in [1.165, 1.54) is 11.1 Å². The molecular weight excluding hydrogens is 325 g/mol. The molecule has 0 saturated carbocycles. The Morgan fingerprint density at radius 3 is 2.24 bits per heavy atom. The first-order chi connectivity index (χ1) is 8.28. The fourth-order valence-electron chi connectivity index (χ4n) is 1.48. The normalized spacial score (nSPS) is 10.2. The zero-order chi connectivity index (χ0) is 12.1. The molecule has 2 aromatic rings. The smallest absolute Gasteiger partial charge is 0.222 e. The van der Waals surface area contributed by atoms with Gasteiger partial charge in [0.1, 0.15) is 0 Å². The molecule has 2 rings (SSSR count). The van der Waals surface area contributed by atoms with Gasteiger partial charge in [-0.2, -0.15) is 0 Å². The number of hydrogen-bond donors (Lipinski definition) is 1. The van der Waals surface area contributed by atoms with E-state index < -0.39 is 0 Å². The van der Waals surface area contributed by atoms with Crippen LogP contribution in [0, 0.1) is 3.57 Å². The second-order valence-electron chi connectivity index (χ2n) is 3.75. The Labute approximate surface area is 115 Å². The Kier molecular flexibility index (Phi) is 4.30. The van der Waals surface area contributed by atoms with Gasteiger partial charge in [-0.15, -0.1) is 0 Å². The van der Waals surface area contributed by atoms with Crippen molar-refractivity contribution >= 4 is 28.5 Å². The van der Waals surface area contributed by atoms with E-state index >= 15 is 0 Å². The minimum absolute atomic E-state index is 0.671. The molecule has 0 bridgehead atoms. The minimum Gasteiger partial charge on any atom is -0.350 e. The molecule has 0 aliphatic carbocycles. The zero-order valence-electron chi connectivity index (χ0n) is 9.65. The molecule has 1 aromatic carbocycles. The van der Waals surface area contributed by atoms with Crippen LogP contribution < -0.4 is 5.32 Å². The van der Waals surface area contributed by atoms with Crippen LogP contribution in [0.3, 0.4) is 0 Å². The van der Waals surface area contributed by atoms with Gasteiger partial charge in [0.25, 0.3) is 0 Å². The molecule has 0 spiro atoms. The van der Waals surface area contributed by atoms with Gasteiger partial charge in [-0.3, -0.25) is 0 Å². The fraction of sp³-hybridized carbons (Fsp3) is 0.231. The largest absolute Gasteiger partial charge is 0.350 e. The molecule has 0 radical (unpaired) electrons. The van der Waals surface area contributed by atoms with Crippen molar-refractivity contribution in [3.63, 3.8) is 0 Å². The molecule has 1 heterocycles. The maximum atomic E-state index is 4.20. The summed E-state index contributed by atoms with van der Waals surface area (Å²) in [5.74, 6) is 0.671. The highest BCUT2D eigenvalue weighted by molar-refractivity contribution is 14.1. The van der Waals surface area contributed by atoms with E-state index in [-0.39, 0.29) is 0 Å². The van der Waals surface area contributed by atoms with Crippen molar-refractivity contribution in [2.24, 2.45) is 0 Å². The third kappa shape index (κ3) is 3.66. The monoisotopic (exact) mass is 339 g/mol. The summed E-state index contributed by atoms with van der Waals surface area (Å²) < 4.78 is 1.04. The summed E-state index contributed by atoms with van der Waals surface area (Å²) >= 11 is 2.19. The summed E-state index contributed by atoms with van der Waals surface area (Å²) in [5.41, 5.74) is 2.60. The number of rotatable bonds is 4. The summed E-state index contributed by atoms with van der Waals surface area (Å²) in [6.45, 7) is 2.91. The Bertz CT molecular complexity index is 465. The van der Waals surface area contributed by atoms with Crippen LogP contribution in [0.1, 0.15) is 18.1 Å². The van der Waals surface area contributed by atoms with E-state index in [4.69, 9.17) is 0 Å². The highest BCUT2D eigenvalue weighted by Crippen LogP contribution is 2.08. The van der Waals surface area contributed by atoms with E-state index in [0.29, 0.717) is 5.95 Å². The molecule has 1 aromatic heterocycles. The molecule has 4 heteroatoms. The topological polar surface area (TPSA) is 37.8 Å². The first-order valence-electron chi connectivity index (χ1n) is 5.57. The molecule has 17 heavy (non-hydrogen) atoms. The molecule has 1 N–H and O–H groups in total. The second kappa shape index (κ2) is 5.95. The molecule has 0 atom stereocenters. The molecule has 0 fully saturated rings. The lowest BCUT2D eigenvalue weighted by Gasteiger charge is -2.05. The van der Waals surface area contributed by atoms with Gasteiger partial charge in [0.2, 0.25) is 5.95 Å². The maximum Gasteiger partial charge on any atom is 0.222 e. The standard InChI is InChI=1S/C13H14IN3/c1-2-10-3-5-11(6-4-10)7-15-13-16-8-12(14)9-17-13/h3-6,8-9H,2,7H2,1H3,(H,15,16,17). The van der Waals surface area contributed by atoms with Gasteiger partial charge in [0.15, 0.2) is 0 Å². The van der Waals surface area contributed by atoms with Gasteiger partial charge < -0.3 is 5.32 Å². The number of halogens is 1. The van der Waals surface area contributed by atoms with Crippen LogP contribution in [0.25, 0.3) is 0 Å². The molecule has 88 valence electrons. The number of anilines is 1. The van der Waals surface area contributed by atoms with Gasteiger partial charge in [-0.1, -0.05) is 31.2 Å². The number of aryl methyl sites for hydroxylation is 1. The van der Waals surface area contributed by atoms with Crippen LogP contribution in [0.5, 0.6) is 0 Å². The number of nitrogens with one attached hydrogen (secondary N) is 1. The lowest BCUT2D eigenvalue weighted by atomic mass is 10.1. The van der Waals surface area contributed by atoms with Crippen molar-refractivity contribution in [1.29, 1.82) is 0 Å². The third-order valence-corrected chi connectivity index (χ3v) is 3.06. The summed E-state index contributed by atoms with van der Waals surface area (Å²) in [5, 5.41) is 3.20. The van der Waals surface area contributed by atoms with Crippen LogP contribution in [-0.2, 0) is 13.0 Å². The average molecular weight is 339 g/mol. The molecule has 3 nitrogen and oxygen atoms in total. The van der Waals surface area contributed by atoms with Crippen LogP contribution >= 0.6 is 22.6 Å². The molecule has 0 aliphatic rings. The summed E-state index contributed by atoms with van der Waals surface area (Å²) in [6, 6.07) is 8.59. The highest BCUT2D eigenvalue weighted by Gasteiger charge is 1.97.